The lowest BCUT2D eigenvalue weighted by Crippen LogP contribution is -2.38. The van der Waals surface area contributed by atoms with Crippen LogP contribution in [0.1, 0.15) is 18.4 Å². The fraction of sp³-hybridized carbons (Fsp3) is 0.400. The summed E-state index contributed by atoms with van der Waals surface area (Å²) in [6, 6.07) is 11.3. The van der Waals surface area contributed by atoms with Gasteiger partial charge in [0.2, 0.25) is 5.91 Å². The second-order valence-corrected chi connectivity index (χ2v) is 6.65. The monoisotopic (exact) mass is 398 g/mol. The third kappa shape index (κ3) is 6.95. The van der Waals surface area contributed by atoms with E-state index >= 15 is 0 Å². The molecule has 1 aliphatic rings. The molecule has 0 aliphatic carbocycles. The quantitative estimate of drug-likeness (QED) is 0.550. The van der Waals surface area contributed by atoms with Crippen LogP contribution < -0.4 is 20.9 Å². The maximum atomic E-state index is 11.8. The second-order valence-electron chi connectivity index (χ2n) is 6.65. The molecule has 154 valence electrons. The molecule has 0 bridgehead atoms. The molecule has 0 atom stereocenters. The number of hydrogen-bond acceptors (Lipinski definition) is 7. The van der Waals surface area contributed by atoms with Crippen molar-refractivity contribution < 1.29 is 14.3 Å². The smallest absolute Gasteiger partial charge is 0.407 e. The van der Waals surface area contributed by atoms with Gasteiger partial charge >= 0.3 is 6.09 Å². The van der Waals surface area contributed by atoms with Gasteiger partial charge in [-0.3, -0.25) is 4.79 Å². The van der Waals surface area contributed by atoms with Crippen LogP contribution >= 0.6 is 0 Å². The van der Waals surface area contributed by atoms with Gasteiger partial charge in [-0.15, -0.1) is 0 Å². The molecule has 0 spiro atoms. The molecule has 2 aromatic rings. The van der Waals surface area contributed by atoms with Gasteiger partial charge in [-0.2, -0.15) is 0 Å². The Hall–Kier alpha value is -3.36. The highest BCUT2D eigenvalue weighted by molar-refractivity contribution is 5.82. The summed E-state index contributed by atoms with van der Waals surface area (Å²) in [7, 11) is 0. The molecule has 0 saturated carbocycles. The SMILES string of the molecule is O=C(CNC(=O)OCc1ccccc1)NCCNc1cc(N2CCCC2)ncn1. The first kappa shape index (κ1) is 20.4. The molecule has 1 fully saturated rings. The largest absolute Gasteiger partial charge is 0.445 e. The summed E-state index contributed by atoms with van der Waals surface area (Å²) in [4.78, 5) is 34.2. The van der Waals surface area contributed by atoms with Gasteiger partial charge in [0.1, 0.15) is 24.6 Å². The zero-order valence-corrected chi connectivity index (χ0v) is 16.3. The van der Waals surface area contributed by atoms with Gasteiger partial charge < -0.3 is 25.6 Å². The Balaban J connectivity index is 1.28. The average Bonchev–Trinajstić information content (AvgIpc) is 3.30. The number of alkyl carbamates (subject to hydrolysis) is 1. The van der Waals surface area contributed by atoms with Crippen molar-refractivity contribution in [2.45, 2.75) is 19.4 Å². The predicted molar refractivity (Wildman–Crippen MR) is 110 cm³/mol. The van der Waals surface area contributed by atoms with E-state index in [1.165, 1.54) is 12.8 Å². The van der Waals surface area contributed by atoms with Gasteiger partial charge in [0.25, 0.3) is 0 Å². The molecule has 1 aliphatic heterocycles. The fourth-order valence-corrected chi connectivity index (χ4v) is 2.94. The molecule has 1 saturated heterocycles. The third-order valence-corrected chi connectivity index (χ3v) is 4.44. The normalized spacial score (nSPS) is 13.0. The van der Waals surface area contributed by atoms with Crippen LogP contribution in [0.2, 0.25) is 0 Å². The number of aromatic nitrogens is 2. The molecule has 0 radical (unpaired) electrons. The van der Waals surface area contributed by atoms with Crippen LogP contribution in [-0.4, -0.2) is 54.7 Å². The number of benzene rings is 1. The van der Waals surface area contributed by atoms with Crippen molar-refractivity contribution in [3.8, 4) is 0 Å². The second kappa shape index (κ2) is 10.8. The maximum Gasteiger partial charge on any atom is 0.407 e. The van der Waals surface area contributed by atoms with Crippen molar-refractivity contribution in [1.82, 2.24) is 20.6 Å². The van der Waals surface area contributed by atoms with Gasteiger partial charge in [-0.1, -0.05) is 30.3 Å². The first-order valence-corrected chi connectivity index (χ1v) is 9.73. The zero-order chi connectivity index (χ0) is 20.3. The Kier molecular flexibility index (Phi) is 7.62. The summed E-state index contributed by atoms with van der Waals surface area (Å²) in [5.41, 5.74) is 0.885. The van der Waals surface area contributed by atoms with E-state index in [4.69, 9.17) is 4.74 Å². The highest BCUT2D eigenvalue weighted by atomic mass is 16.5. The Labute approximate surface area is 169 Å². The summed E-state index contributed by atoms with van der Waals surface area (Å²) < 4.78 is 5.05. The van der Waals surface area contributed by atoms with E-state index in [9.17, 15) is 9.59 Å². The topological polar surface area (TPSA) is 108 Å². The summed E-state index contributed by atoms with van der Waals surface area (Å²) in [5, 5.41) is 8.32. The lowest BCUT2D eigenvalue weighted by molar-refractivity contribution is -0.120. The van der Waals surface area contributed by atoms with Crippen molar-refractivity contribution in [3.63, 3.8) is 0 Å². The molecule has 9 heteroatoms. The van der Waals surface area contributed by atoms with Gasteiger partial charge in [0, 0.05) is 32.2 Å². The van der Waals surface area contributed by atoms with Crippen LogP contribution in [0.5, 0.6) is 0 Å². The summed E-state index contributed by atoms with van der Waals surface area (Å²) >= 11 is 0. The van der Waals surface area contributed by atoms with Crippen LogP contribution in [0.4, 0.5) is 16.4 Å². The van der Waals surface area contributed by atoms with Gasteiger partial charge in [-0.25, -0.2) is 14.8 Å². The molecule has 3 rings (SSSR count). The molecular weight excluding hydrogens is 372 g/mol. The number of hydrogen-bond donors (Lipinski definition) is 3. The number of carbonyl (C=O) groups excluding carboxylic acids is 2. The van der Waals surface area contributed by atoms with Crippen molar-refractivity contribution in [2.75, 3.05) is 42.9 Å². The minimum absolute atomic E-state index is 0.139. The zero-order valence-electron chi connectivity index (χ0n) is 16.3. The van der Waals surface area contributed by atoms with Crippen molar-refractivity contribution in [1.29, 1.82) is 0 Å². The van der Waals surface area contributed by atoms with E-state index in [2.05, 4.69) is 30.8 Å². The maximum absolute atomic E-state index is 11.8. The van der Waals surface area contributed by atoms with Crippen LogP contribution in [0.15, 0.2) is 42.7 Å². The van der Waals surface area contributed by atoms with E-state index in [0.29, 0.717) is 13.1 Å². The number of ether oxygens (including phenoxy) is 1. The van der Waals surface area contributed by atoms with Crippen molar-refractivity contribution in [3.05, 3.63) is 48.3 Å². The van der Waals surface area contributed by atoms with Gasteiger partial charge in [-0.05, 0) is 18.4 Å². The molecule has 9 nitrogen and oxygen atoms in total. The molecule has 1 aromatic carbocycles. The minimum Gasteiger partial charge on any atom is -0.445 e. The summed E-state index contributed by atoms with van der Waals surface area (Å²) in [6.07, 6.45) is 3.29. The third-order valence-electron chi connectivity index (χ3n) is 4.44. The molecule has 2 amide bonds. The minimum atomic E-state index is -0.627. The van der Waals surface area contributed by atoms with Crippen LogP contribution in [0.25, 0.3) is 0 Å². The number of amides is 2. The summed E-state index contributed by atoms with van der Waals surface area (Å²) in [5.74, 6) is 1.35. The Bertz CT molecular complexity index is 796. The Morgan fingerprint density at radius 3 is 2.62 bits per heavy atom. The standard InChI is InChI=1S/C20H26N6O3/c27-19(13-23-20(28)29-14-16-6-2-1-3-7-16)22-9-8-21-17-12-18(25-15-24-17)26-10-4-5-11-26/h1-3,6-7,12,15H,4-5,8-11,13-14H2,(H,22,27)(H,23,28)(H,21,24,25). The molecule has 2 heterocycles. The van der Waals surface area contributed by atoms with E-state index in [-0.39, 0.29) is 19.1 Å². The molecule has 3 N–H and O–H groups in total. The van der Waals surface area contributed by atoms with Crippen molar-refractivity contribution in [2.24, 2.45) is 0 Å². The van der Waals surface area contributed by atoms with E-state index in [0.717, 1.165) is 30.3 Å². The summed E-state index contributed by atoms with van der Waals surface area (Å²) in [6.45, 7) is 2.99. The van der Waals surface area contributed by atoms with Crippen LogP contribution in [-0.2, 0) is 16.1 Å². The van der Waals surface area contributed by atoms with Crippen LogP contribution in [0, 0.1) is 0 Å². The highest BCUT2D eigenvalue weighted by Crippen LogP contribution is 2.18. The highest BCUT2D eigenvalue weighted by Gasteiger charge is 2.14. The lowest BCUT2D eigenvalue weighted by atomic mass is 10.2. The number of carbonyl (C=O) groups is 2. The number of anilines is 2. The van der Waals surface area contributed by atoms with Crippen molar-refractivity contribution >= 4 is 23.6 Å². The number of rotatable bonds is 9. The van der Waals surface area contributed by atoms with E-state index < -0.39 is 6.09 Å². The molecule has 1 aromatic heterocycles. The molecule has 0 unspecified atom stereocenters. The number of nitrogens with zero attached hydrogens (tertiary/aromatic N) is 3. The first-order chi connectivity index (χ1) is 14.2. The van der Waals surface area contributed by atoms with Gasteiger partial charge in [0.05, 0.1) is 6.54 Å². The predicted octanol–water partition coefficient (Wildman–Crippen LogP) is 1.53. The molecule has 29 heavy (non-hydrogen) atoms. The first-order valence-electron chi connectivity index (χ1n) is 9.73. The average molecular weight is 398 g/mol. The Morgan fingerprint density at radius 2 is 1.83 bits per heavy atom. The number of nitrogens with one attached hydrogen (secondary N) is 3. The van der Waals surface area contributed by atoms with Crippen LogP contribution in [0.3, 0.4) is 0 Å². The Morgan fingerprint density at radius 1 is 1.03 bits per heavy atom. The molecular formula is C20H26N6O3. The van der Waals surface area contributed by atoms with Gasteiger partial charge in [0.15, 0.2) is 0 Å². The van der Waals surface area contributed by atoms with E-state index in [1.54, 1.807) is 6.33 Å². The lowest BCUT2D eigenvalue weighted by Gasteiger charge is -2.16. The fourth-order valence-electron chi connectivity index (χ4n) is 2.94. The van der Waals surface area contributed by atoms with E-state index in [1.807, 2.05) is 36.4 Å².